The van der Waals surface area contributed by atoms with Crippen molar-refractivity contribution in [3.63, 3.8) is 0 Å². The predicted octanol–water partition coefficient (Wildman–Crippen LogP) is 1.96. The van der Waals surface area contributed by atoms with Crippen molar-refractivity contribution in [3.8, 4) is 17.2 Å². The molecule has 3 rings (SSSR count). The maximum absolute atomic E-state index is 12.6. The molecular weight excluding hydrogens is 334 g/mol. The highest BCUT2D eigenvalue weighted by molar-refractivity contribution is 5.55. The molecule has 26 heavy (non-hydrogen) atoms. The van der Waals surface area contributed by atoms with E-state index < -0.39 is 5.69 Å². The highest BCUT2D eigenvalue weighted by atomic mass is 16.5. The third kappa shape index (κ3) is 3.22. The van der Waals surface area contributed by atoms with Gasteiger partial charge in [0.2, 0.25) is 0 Å². The average molecular weight is 353 g/mol. The van der Waals surface area contributed by atoms with Crippen LogP contribution in [0.3, 0.4) is 0 Å². The van der Waals surface area contributed by atoms with Gasteiger partial charge in [-0.15, -0.1) is 0 Å². The van der Waals surface area contributed by atoms with Crippen LogP contribution in [0.25, 0.3) is 5.69 Å². The molecule has 0 unspecified atom stereocenters. The van der Waals surface area contributed by atoms with Gasteiger partial charge in [0.05, 0.1) is 25.6 Å². The van der Waals surface area contributed by atoms with E-state index in [4.69, 9.17) is 15.3 Å². The topological polar surface area (TPSA) is 95.5 Å². The number of rotatable bonds is 5. The van der Waals surface area contributed by atoms with E-state index in [9.17, 15) is 4.79 Å². The Labute approximate surface area is 150 Å². The summed E-state index contributed by atoms with van der Waals surface area (Å²) in [5.74, 6) is 7.69. The molecule has 0 aliphatic heterocycles. The summed E-state index contributed by atoms with van der Waals surface area (Å²) in [7, 11) is 3.08. The second-order valence-electron chi connectivity index (χ2n) is 5.43. The Morgan fingerprint density at radius 1 is 1.00 bits per heavy atom. The van der Waals surface area contributed by atoms with E-state index in [1.807, 2.05) is 18.2 Å². The summed E-state index contributed by atoms with van der Waals surface area (Å²) in [4.78, 5) is 21.0. The summed E-state index contributed by atoms with van der Waals surface area (Å²) >= 11 is 0. The zero-order chi connectivity index (χ0) is 18.7. The molecule has 2 aromatic carbocycles. The molecule has 0 bridgehead atoms. The molecule has 0 aliphatic carbocycles. The first-order chi connectivity index (χ1) is 12.5. The molecule has 134 valence electrons. The molecule has 8 nitrogen and oxygen atoms in total. The summed E-state index contributed by atoms with van der Waals surface area (Å²) in [5.41, 5.74) is 0.751. The Hall–Kier alpha value is -3.39. The number of aromatic nitrogens is 3. The van der Waals surface area contributed by atoms with Crippen LogP contribution < -0.4 is 26.0 Å². The SMILES string of the molecule is COc1ccc(-n2c(C)nc(N(N)c3ccccc3)nc2=O)cc1OC. The fourth-order valence-electron chi connectivity index (χ4n) is 2.57. The van der Waals surface area contributed by atoms with Gasteiger partial charge in [-0.1, -0.05) is 18.2 Å². The molecule has 1 aromatic heterocycles. The summed E-state index contributed by atoms with van der Waals surface area (Å²) in [5, 5.41) is 1.27. The van der Waals surface area contributed by atoms with E-state index >= 15 is 0 Å². The lowest BCUT2D eigenvalue weighted by Gasteiger charge is -2.18. The molecule has 0 atom stereocenters. The van der Waals surface area contributed by atoms with Gasteiger partial charge in [0.1, 0.15) is 5.82 Å². The molecule has 0 spiro atoms. The quantitative estimate of drug-likeness (QED) is 0.553. The summed E-state index contributed by atoms with van der Waals surface area (Å²) < 4.78 is 11.9. The number of anilines is 2. The molecule has 0 radical (unpaired) electrons. The zero-order valence-corrected chi connectivity index (χ0v) is 14.7. The van der Waals surface area contributed by atoms with Crippen LogP contribution in [0.5, 0.6) is 11.5 Å². The Balaban J connectivity index is 2.05. The minimum atomic E-state index is -0.494. The van der Waals surface area contributed by atoms with Crippen molar-refractivity contribution in [2.24, 2.45) is 5.84 Å². The van der Waals surface area contributed by atoms with Crippen molar-refractivity contribution < 1.29 is 9.47 Å². The number of ether oxygens (including phenoxy) is 2. The van der Waals surface area contributed by atoms with Crippen molar-refractivity contribution in [1.82, 2.24) is 14.5 Å². The normalized spacial score (nSPS) is 10.5. The van der Waals surface area contributed by atoms with Crippen LogP contribution in [0.2, 0.25) is 0 Å². The van der Waals surface area contributed by atoms with Crippen LogP contribution >= 0.6 is 0 Å². The molecule has 1 heterocycles. The number of para-hydroxylation sites is 1. The maximum Gasteiger partial charge on any atom is 0.356 e. The lowest BCUT2D eigenvalue weighted by molar-refractivity contribution is 0.355. The fourth-order valence-corrected chi connectivity index (χ4v) is 2.57. The Kier molecular flexibility index (Phi) is 4.85. The van der Waals surface area contributed by atoms with E-state index in [1.54, 1.807) is 44.4 Å². The van der Waals surface area contributed by atoms with Crippen LogP contribution in [0.4, 0.5) is 11.6 Å². The van der Waals surface area contributed by atoms with Crippen molar-refractivity contribution in [2.75, 3.05) is 19.2 Å². The average Bonchev–Trinajstić information content (AvgIpc) is 2.67. The van der Waals surface area contributed by atoms with Gasteiger partial charge in [0.15, 0.2) is 11.5 Å². The monoisotopic (exact) mass is 353 g/mol. The molecule has 0 fully saturated rings. The smallest absolute Gasteiger partial charge is 0.356 e. The van der Waals surface area contributed by atoms with Gasteiger partial charge in [0.25, 0.3) is 5.95 Å². The highest BCUT2D eigenvalue weighted by Crippen LogP contribution is 2.29. The lowest BCUT2D eigenvalue weighted by atomic mass is 10.2. The van der Waals surface area contributed by atoms with Crippen LogP contribution in [0.1, 0.15) is 5.82 Å². The second-order valence-corrected chi connectivity index (χ2v) is 5.43. The molecular formula is C18H19N5O3. The third-order valence-corrected chi connectivity index (χ3v) is 3.85. The lowest BCUT2D eigenvalue weighted by Crippen LogP contribution is -2.33. The maximum atomic E-state index is 12.6. The molecule has 0 amide bonds. The minimum absolute atomic E-state index is 0.121. The van der Waals surface area contributed by atoms with Crippen LogP contribution in [-0.2, 0) is 0 Å². The first kappa shape index (κ1) is 17.4. The fraction of sp³-hybridized carbons (Fsp3) is 0.167. The second kappa shape index (κ2) is 7.24. The molecule has 0 saturated heterocycles. The number of hydrogen-bond donors (Lipinski definition) is 1. The number of benzene rings is 2. The number of nitrogens with two attached hydrogens (primary N) is 1. The van der Waals surface area contributed by atoms with Gasteiger partial charge in [-0.25, -0.2) is 20.2 Å². The number of methoxy groups -OCH3 is 2. The van der Waals surface area contributed by atoms with Crippen molar-refractivity contribution in [3.05, 3.63) is 64.8 Å². The Morgan fingerprint density at radius 2 is 1.69 bits per heavy atom. The Morgan fingerprint density at radius 3 is 2.31 bits per heavy atom. The van der Waals surface area contributed by atoms with E-state index in [1.165, 1.54) is 16.7 Å². The molecule has 8 heteroatoms. The molecule has 3 aromatic rings. The molecule has 2 N–H and O–H groups in total. The van der Waals surface area contributed by atoms with Crippen LogP contribution in [-0.4, -0.2) is 28.8 Å². The third-order valence-electron chi connectivity index (χ3n) is 3.85. The van der Waals surface area contributed by atoms with Crippen molar-refractivity contribution >= 4 is 11.6 Å². The molecule has 0 saturated carbocycles. The van der Waals surface area contributed by atoms with Crippen LogP contribution in [0.15, 0.2) is 53.3 Å². The van der Waals surface area contributed by atoms with E-state index in [-0.39, 0.29) is 5.95 Å². The predicted molar refractivity (Wildman–Crippen MR) is 98.2 cm³/mol. The van der Waals surface area contributed by atoms with Gasteiger partial charge in [-0.2, -0.15) is 9.97 Å². The first-order valence-corrected chi connectivity index (χ1v) is 7.85. The zero-order valence-electron chi connectivity index (χ0n) is 14.7. The van der Waals surface area contributed by atoms with Gasteiger partial charge in [-0.3, -0.25) is 0 Å². The summed E-state index contributed by atoms with van der Waals surface area (Å²) in [6.45, 7) is 1.71. The standard InChI is InChI=1S/C18H19N5O3/c1-12-20-17(23(19)13-7-5-4-6-8-13)21-18(24)22(12)14-9-10-15(25-2)16(11-14)26-3/h4-11H,19H2,1-3H3. The van der Waals surface area contributed by atoms with E-state index in [0.717, 1.165) is 0 Å². The first-order valence-electron chi connectivity index (χ1n) is 7.85. The summed E-state index contributed by atoms with van der Waals surface area (Å²) in [6.07, 6.45) is 0. The van der Waals surface area contributed by atoms with Crippen molar-refractivity contribution in [2.45, 2.75) is 6.92 Å². The van der Waals surface area contributed by atoms with Crippen LogP contribution in [0, 0.1) is 6.92 Å². The van der Waals surface area contributed by atoms with Gasteiger partial charge in [0, 0.05) is 6.07 Å². The number of aryl methyl sites for hydroxylation is 1. The number of hydrazine groups is 1. The molecule has 0 aliphatic rings. The largest absolute Gasteiger partial charge is 0.493 e. The summed E-state index contributed by atoms with van der Waals surface area (Å²) in [6, 6.07) is 14.3. The van der Waals surface area contributed by atoms with Gasteiger partial charge in [-0.05, 0) is 31.2 Å². The minimum Gasteiger partial charge on any atom is -0.493 e. The van der Waals surface area contributed by atoms with E-state index in [0.29, 0.717) is 28.7 Å². The van der Waals surface area contributed by atoms with E-state index in [2.05, 4.69) is 9.97 Å². The van der Waals surface area contributed by atoms with Crippen molar-refractivity contribution in [1.29, 1.82) is 0 Å². The number of hydrogen-bond acceptors (Lipinski definition) is 7. The van der Waals surface area contributed by atoms with Gasteiger partial charge >= 0.3 is 5.69 Å². The van der Waals surface area contributed by atoms with Gasteiger partial charge < -0.3 is 9.47 Å². The Bertz CT molecular complexity index is 972. The highest BCUT2D eigenvalue weighted by Gasteiger charge is 2.15. The number of nitrogens with zero attached hydrogens (tertiary/aromatic N) is 4.